The van der Waals surface area contributed by atoms with E-state index >= 15 is 0 Å². The predicted molar refractivity (Wildman–Crippen MR) is 110 cm³/mol. The number of amides is 2. The Hall–Kier alpha value is -3.85. The smallest absolute Gasteiger partial charge is 0.312 e. The van der Waals surface area contributed by atoms with Crippen LogP contribution in [0.1, 0.15) is 21.5 Å². The largest absolute Gasteiger partial charge is 0.332 e. The molecule has 0 radical (unpaired) electrons. The molecule has 0 aliphatic carbocycles. The van der Waals surface area contributed by atoms with Gasteiger partial charge in [0.2, 0.25) is 0 Å². The number of halogens is 1. The third-order valence-corrected chi connectivity index (χ3v) is 5.46. The van der Waals surface area contributed by atoms with Crippen LogP contribution in [0, 0.1) is 10.7 Å². The Labute approximate surface area is 177 Å². The number of aromatic nitrogens is 2. The summed E-state index contributed by atoms with van der Waals surface area (Å²) in [6.45, 7) is 0.0460. The number of hydrogen-bond donors (Lipinski definition) is 1. The molecule has 3 aromatic rings. The summed E-state index contributed by atoms with van der Waals surface area (Å²) in [7, 11) is 1.52. The van der Waals surface area contributed by atoms with Crippen molar-refractivity contribution in [1.29, 1.82) is 0 Å². The highest BCUT2D eigenvalue weighted by Crippen LogP contribution is 2.31. The Morgan fingerprint density at radius 3 is 2.55 bits per heavy atom. The van der Waals surface area contributed by atoms with Gasteiger partial charge in [-0.25, -0.2) is 14.4 Å². The first-order valence-corrected chi connectivity index (χ1v) is 9.51. The average Bonchev–Trinajstić information content (AvgIpc) is 3.12. The molecule has 2 amide bonds. The number of nitrogens with zero attached hydrogens (tertiary/aromatic N) is 4. The van der Waals surface area contributed by atoms with Crippen molar-refractivity contribution >= 4 is 11.8 Å². The molecule has 156 valence electrons. The van der Waals surface area contributed by atoms with Gasteiger partial charge in [-0.1, -0.05) is 30.3 Å². The highest BCUT2D eigenvalue weighted by molar-refractivity contribution is 5.99. The minimum absolute atomic E-state index is 0.148. The van der Waals surface area contributed by atoms with Gasteiger partial charge in [-0.05, 0) is 36.4 Å². The highest BCUT2D eigenvalue weighted by atomic mass is 19.1. The molecule has 1 aromatic heterocycles. The monoisotopic (exact) mass is 419 g/mol. The molecule has 0 bridgehead atoms. The summed E-state index contributed by atoms with van der Waals surface area (Å²) in [6, 6.07) is 12.5. The second-order valence-electron chi connectivity index (χ2n) is 7.16. The van der Waals surface area contributed by atoms with E-state index in [-0.39, 0.29) is 18.7 Å². The van der Waals surface area contributed by atoms with Gasteiger partial charge >= 0.3 is 5.91 Å². The van der Waals surface area contributed by atoms with E-state index in [1.54, 1.807) is 42.7 Å². The molecule has 1 aliphatic rings. The number of carbonyl (C=O) groups is 2. The predicted octanol–water partition coefficient (Wildman–Crippen LogP) is 2.65. The van der Waals surface area contributed by atoms with Gasteiger partial charge in [-0.3, -0.25) is 9.59 Å². The molecule has 0 unspecified atom stereocenters. The molecule has 1 N–H and O–H groups in total. The number of rotatable bonds is 6. The molecule has 8 nitrogen and oxygen atoms in total. The van der Waals surface area contributed by atoms with Crippen LogP contribution in [-0.4, -0.2) is 40.3 Å². The SMILES string of the molecule is CN[C@](CN1Cc2ccc(F)cc2C1=O)(C(=O)N=O)c1ccc(-c2ncccn2)cc1. The van der Waals surface area contributed by atoms with Crippen molar-refractivity contribution in [2.24, 2.45) is 5.18 Å². The molecule has 2 aromatic carbocycles. The van der Waals surface area contributed by atoms with E-state index in [0.29, 0.717) is 17.0 Å². The van der Waals surface area contributed by atoms with Crippen LogP contribution in [0.5, 0.6) is 0 Å². The highest BCUT2D eigenvalue weighted by Gasteiger charge is 2.44. The molecule has 1 aliphatic heterocycles. The molecule has 0 fully saturated rings. The normalized spacial score (nSPS) is 14.8. The molecule has 2 heterocycles. The van der Waals surface area contributed by atoms with Gasteiger partial charge < -0.3 is 10.2 Å². The summed E-state index contributed by atoms with van der Waals surface area (Å²) in [4.78, 5) is 46.6. The van der Waals surface area contributed by atoms with Gasteiger partial charge in [0.1, 0.15) is 11.4 Å². The van der Waals surface area contributed by atoms with Crippen LogP contribution in [0.4, 0.5) is 4.39 Å². The van der Waals surface area contributed by atoms with E-state index in [4.69, 9.17) is 0 Å². The summed E-state index contributed by atoms with van der Waals surface area (Å²) < 4.78 is 13.6. The molecule has 4 rings (SSSR count). The van der Waals surface area contributed by atoms with Crippen LogP contribution < -0.4 is 5.32 Å². The van der Waals surface area contributed by atoms with Gasteiger partial charge in [0.25, 0.3) is 5.91 Å². The zero-order valence-electron chi connectivity index (χ0n) is 16.6. The maximum Gasteiger partial charge on any atom is 0.312 e. The number of nitroso groups, excluding NO2 is 1. The van der Waals surface area contributed by atoms with Crippen molar-refractivity contribution in [3.63, 3.8) is 0 Å². The van der Waals surface area contributed by atoms with E-state index in [9.17, 15) is 18.9 Å². The van der Waals surface area contributed by atoms with Gasteiger partial charge in [-0.2, -0.15) is 0 Å². The van der Waals surface area contributed by atoms with Crippen LogP contribution in [0.15, 0.2) is 66.1 Å². The van der Waals surface area contributed by atoms with Crippen LogP contribution in [-0.2, 0) is 16.9 Å². The summed E-state index contributed by atoms with van der Waals surface area (Å²) in [5, 5.41) is 5.53. The Bertz CT molecular complexity index is 1150. The maximum atomic E-state index is 13.6. The molecule has 0 saturated carbocycles. The molecule has 0 saturated heterocycles. The quantitative estimate of drug-likeness (QED) is 0.616. The summed E-state index contributed by atoms with van der Waals surface area (Å²) >= 11 is 0. The lowest BCUT2D eigenvalue weighted by atomic mass is 9.87. The Morgan fingerprint density at radius 1 is 1.19 bits per heavy atom. The fourth-order valence-electron chi connectivity index (χ4n) is 3.79. The van der Waals surface area contributed by atoms with Gasteiger partial charge in [0, 0.05) is 35.2 Å². The zero-order chi connectivity index (χ0) is 22.0. The topological polar surface area (TPSA) is 105 Å². The third-order valence-electron chi connectivity index (χ3n) is 5.46. The van der Waals surface area contributed by atoms with E-state index in [0.717, 1.165) is 5.56 Å². The minimum Gasteiger partial charge on any atom is -0.332 e. The fraction of sp³-hybridized carbons (Fsp3) is 0.182. The number of benzene rings is 2. The maximum absolute atomic E-state index is 13.6. The van der Waals surface area contributed by atoms with Crippen LogP contribution in [0.25, 0.3) is 11.4 Å². The van der Waals surface area contributed by atoms with Crippen molar-refractivity contribution in [1.82, 2.24) is 20.2 Å². The van der Waals surface area contributed by atoms with Crippen molar-refractivity contribution in [3.05, 3.63) is 88.3 Å². The average molecular weight is 419 g/mol. The third kappa shape index (κ3) is 3.59. The first-order chi connectivity index (χ1) is 15.0. The molecule has 1 atom stereocenters. The standard InChI is InChI=1S/C22H18FN5O3/c1-24-22(21(30)27-31,13-28-12-15-5-8-17(23)11-18(15)20(28)29)16-6-3-14(4-7-16)19-25-9-2-10-26-19/h2-11,24H,12-13H2,1H3/t22-/m0/s1. The number of hydrogen-bond acceptors (Lipinski definition) is 6. The lowest BCUT2D eigenvalue weighted by molar-refractivity contribution is -0.125. The zero-order valence-corrected chi connectivity index (χ0v) is 16.6. The van der Waals surface area contributed by atoms with Gasteiger partial charge in [0.15, 0.2) is 5.82 Å². The second-order valence-corrected chi connectivity index (χ2v) is 7.16. The minimum atomic E-state index is -1.56. The summed E-state index contributed by atoms with van der Waals surface area (Å²) in [6.07, 6.45) is 3.24. The van der Waals surface area contributed by atoms with Gasteiger partial charge in [-0.15, -0.1) is 4.91 Å². The fourth-order valence-corrected chi connectivity index (χ4v) is 3.79. The lowest BCUT2D eigenvalue weighted by Gasteiger charge is -2.33. The van der Waals surface area contributed by atoms with Crippen molar-refractivity contribution < 1.29 is 14.0 Å². The van der Waals surface area contributed by atoms with Crippen molar-refractivity contribution in [2.45, 2.75) is 12.1 Å². The molecule has 0 spiro atoms. The first kappa shape index (κ1) is 20.4. The number of likely N-dealkylation sites (N-methyl/N-ethyl adjacent to an activating group) is 1. The molecular weight excluding hydrogens is 401 g/mol. The molecule has 31 heavy (non-hydrogen) atoms. The van der Waals surface area contributed by atoms with E-state index in [1.807, 2.05) is 0 Å². The van der Waals surface area contributed by atoms with Crippen LogP contribution in [0.3, 0.4) is 0 Å². The Morgan fingerprint density at radius 2 is 1.90 bits per heavy atom. The van der Waals surface area contributed by atoms with Crippen molar-refractivity contribution in [2.75, 3.05) is 13.6 Å². The van der Waals surface area contributed by atoms with E-state index in [2.05, 4.69) is 20.5 Å². The van der Waals surface area contributed by atoms with E-state index < -0.39 is 23.2 Å². The van der Waals surface area contributed by atoms with Gasteiger partial charge in [0.05, 0.1) is 6.54 Å². The Kier molecular flexibility index (Phi) is 5.35. The molecule has 9 heteroatoms. The summed E-state index contributed by atoms with van der Waals surface area (Å²) in [5.74, 6) is -1.38. The lowest BCUT2D eigenvalue weighted by Crippen LogP contribution is -2.54. The first-order valence-electron chi connectivity index (χ1n) is 9.51. The van der Waals surface area contributed by atoms with Crippen LogP contribution >= 0.6 is 0 Å². The number of nitrogens with one attached hydrogen (secondary N) is 1. The summed E-state index contributed by atoms with van der Waals surface area (Å²) in [5.41, 5.74) is 0.511. The van der Waals surface area contributed by atoms with Crippen molar-refractivity contribution in [3.8, 4) is 11.4 Å². The Balaban J connectivity index is 1.69. The number of fused-ring (bicyclic) bond motifs is 1. The number of carbonyl (C=O) groups excluding carboxylic acids is 2. The second kappa shape index (κ2) is 8.11. The van der Waals surface area contributed by atoms with E-state index in [1.165, 1.54) is 30.1 Å². The molecular formula is C22H18FN5O3. The van der Waals surface area contributed by atoms with Crippen LogP contribution in [0.2, 0.25) is 0 Å².